The molecule has 0 saturated carbocycles. The Labute approximate surface area is 119 Å². The fourth-order valence-electron chi connectivity index (χ4n) is 1.65. The smallest absolute Gasteiger partial charge is 0.307 e. The normalized spacial score (nSPS) is 9.56. The fourth-order valence-corrected chi connectivity index (χ4v) is 1.65. The van der Waals surface area contributed by atoms with Crippen LogP contribution in [0.25, 0.3) is 0 Å². The van der Waals surface area contributed by atoms with E-state index in [9.17, 15) is 4.79 Å². The van der Waals surface area contributed by atoms with Gasteiger partial charge in [0.2, 0.25) is 0 Å². The van der Waals surface area contributed by atoms with Gasteiger partial charge in [0.15, 0.2) is 0 Å². The molecule has 0 aliphatic carbocycles. The van der Waals surface area contributed by atoms with Gasteiger partial charge in [-0.15, -0.1) is 0 Å². The van der Waals surface area contributed by atoms with Gasteiger partial charge in [0.1, 0.15) is 0 Å². The number of carboxylic acids is 1. The van der Waals surface area contributed by atoms with E-state index in [4.69, 9.17) is 5.11 Å². The van der Waals surface area contributed by atoms with Crippen LogP contribution in [0.1, 0.15) is 37.3 Å². The zero-order valence-corrected chi connectivity index (χ0v) is 12.2. The first-order valence-electron chi connectivity index (χ1n) is 5.52. The van der Waals surface area contributed by atoms with E-state index in [1.54, 1.807) is 0 Å². The van der Waals surface area contributed by atoms with Crippen LogP contribution in [0, 0.1) is 0 Å². The quantitative estimate of drug-likeness (QED) is 0.601. The fraction of sp³-hybridized carbons (Fsp3) is 0.462. The van der Waals surface area contributed by atoms with Crippen molar-refractivity contribution in [1.29, 1.82) is 0 Å². The van der Waals surface area contributed by atoms with Gasteiger partial charge in [-0.1, -0.05) is 44.0 Å². The maximum Gasteiger partial charge on any atom is 0.307 e. The van der Waals surface area contributed by atoms with Gasteiger partial charge in [0, 0.05) is 29.6 Å². The van der Waals surface area contributed by atoms with Crippen molar-refractivity contribution in [2.75, 3.05) is 0 Å². The van der Waals surface area contributed by atoms with Crippen molar-refractivity contribution in [3.8, 4) is 0 Å². The number of aliphatic carboxylic acids is 1. The van der Waals surface area contributed by atoms with E-state index < -0.39 is 5.97 Å². The van der Waals surface area contributed by atoms with Gasteiger partial charge in [-0.05, 0) is 24.0 Å². The summed E-state index contributed by atoms with van der Waals surface area (Å²) in [7, 11) is 0. The van der Waals surface area contributed by atoms with Gasteiger partial charge < -0.3 is 5.11 Å². The van der Waals surface area contributed by atoms with Gasteiger partial charge in [-0.2, -0.15) is 0 Å². The second kappa shape index (κ2) is 8.80. The summed E-state index contributed by atoms with van der Waals surface area (Å²) in [6.45, 7) is 2.18. The van der Waals surface area contributed by atoms with Crippen molar-refractivity contribution < 1.29 is 9.90 Å². The number of hydrogen-bond acceptors (Lipinski definition) is 1. The number of unbranched alkanes of at least 4 members (excludes halogenated alkanes) is 2. The Morgan fingerprint density at radius 3 is 2.56 bits per heavy atom. The summed E-state index contributed by atoms with van der Waals surface area (Å²) in [5.41, 5.74) is 2.15. The van der Waals surface area contributed by atoms with Crippen LogP contribution < -0.4 is 0 Å². The van der Waals surface area contributed by atoms with Crippen molar-refractivity contribution in [1.82, 2.24) is 0 Å². The van der Waals surface area contributed by atoms with Crippen molar-refractivity contribution >= 4 is 35.5 Å². The monoisotopic (exact) mass is 229 g/mol. The molecule has 1 aromatic rings. The molecule has 16 heavy (non-hydrogen) atoms. The predicted molar refractivity (Wildman–Crippen MR) is 66.8 cm³/mol. The number of hydrogen-bond donors (Lipinski definition) is 1. The number of benzene rings is 1. The van der Waals surface area contributed by atoms with Crippen LogP contribution in [-0.2, 0) is 17.6 Å². The first kappa shape index (κ1) is 15.7. The third kappa shape index (κ3) is 6.31. The average molecular weight is 229 g/mol. The van der Waals surface area contributed by atoms with E-state index in [2.05, 4.69) is 13.0 Å². The molecule has 0 spiro atoms. The summed E-state index contributed by atoms with van der Waals surface area (Å²) in [4.78, 5) is 10.5. The van der Waals surface area contributed by atoms with Crippen molar-refractivity contribution in [2.45, 2.75) is 39.0 Å². The van der Waals surface area contributed by atoms with E-state index in [1.165, 1.54) is 24.8 Å². The van der Waals surface area contributed by atoms with Crippen LogP contribution in [0.4, 0.5) is 0 Å². The summed E-state index contributed by atoms with van der Waals surface area (Å²) < 4.78 is 0. The summed E-state index contributed by atoms with van der Waals surface area (Å²) in [6, 6.07) is 7.89. The Morgan fingerprint density at radius 2 is 1.94 bits per heavy atom. The zero-order chi connectivity index (χ0) is 11.1. The van der Waals surface area contributed by atoms with E-state index in [0.717, 1.165) is 12.0 Å². The molecule has 0 amide bonds. The minimum Gasteiger partial charge on any atom is -0.481 e. The number of carbonyl (C=O) groups is 1. The molecule has 1 rings (SSSR count). The van der Waals surface area contributed by atoms with E-state index >= 15 is 0 Å². The molecule has 0 aliphatic rings. The Bertz CT molecular complexity index is 323. The molecule has 0 aliphatic heterocycles. The molecule has 1 aromatic carbocycles. The van der Waals surface area contributed by atoms with E-state index in [-0.39, 0.29) is 36.0 Å². The number of aryl methyl sites for hydroxylation is 1. The molecule has 1 radical (unpaired) electrons. The van der Waals surface area contributed by atoms with Crippen molar-refractivity contribution in [3.05, 3.63) is 35.4 Å². The topological polar surface area (TPSA) is 37.3 Å². The third-order valence-electron chi connectivity index (χ3n) is 2.42. The second-order valence-corrected chi connectivity index (χ2v) is 3.85. The first-order chi connectivity index (χ1) is 7.22. The first-order valence-corrected chi connectivity index (χ1v) is 5.52. The Balaban J connectivity index is 0.00000225. The van der Waals surface area contributed by atoms with Crippen molar-refractivity contribution in [3.63, 3.8) is 0 Å². The minimum absolute atomic E-state index is 0. The molecule has 83 valence electrons. The predicted octanol–water partition coefficient (Wildman–Crippen LogP) is 2.67. The second-order valence-electron chi connectivity index (χ2n) is 3.85. The number of carboxylic acid groups (broad SMARTS) is 1. The van der Waals surface area contributed by atoms with E-state index in [1.807, 2.05) is 18.2 Å². The molecule has 0 atom stereocenters. The Kier molecular flexibility index (Phi) is 8.63. The molecule has 0 bridgehead atoms. The molecule has 3 heteroatoms. The minimum atomic E-state index is -0.763. The summed E-state index contributed by atoms with van der Waals surface area (Å²) >= 11 is 0. The maximum absolute atomic E-state index is 10.5. The summed E-state index contributed by atoms with van der Waals surface area (Å²) in [5, 5.41) is 8.67. The maximum atomic E-state index is 10.5. The van der Waals surface area contributed by atoms with Crippen LogP contribution in [0.2, 0.25) is 0 Å². The molecule has 0 heterocycles. The Hall–Kier alpha value is -0.310. The van der Waals surface area contributed by atoms with E-state index in [0.29, 0.717) is 0 Å². The van der Waals surface area contributed by atoms with Gasteiger partial charge in [0.05, 0.1) is 6.42 Å². The van der Waals surface area contributed by atoms with Crippen LogP contribution in [0.3, 0.4) is 0 Å². The van der Waals surface area contributed by atoms with Gasteiger partial charge in [0.25, 0.3) is 0 Å². The molecule has 0 aromatic heterocycles. The van der Waals surface area contributed by atoms with Crippen LogP contribution in [0.5, 0.6) is 0 Å². The van der Waals surface area contributed by atoms with Crippen molar-refractivity contribution in [2.24, 2.45) is 0 Å². The van der Waals surface area contributed by atoms with Crippen LogP contribution in [-0.4, -0.2) is 40.6 Å². The van der Waals surface area contributed by atoms with Crippen LogP contribution >= 0.6 is 0 Å². The molecule has 1 N–H and O–H groups in total. The average Bonchev–Trinajstić information content (AvgIpc) is 2.18. The molecule has 2 nitrogen and oxygen atoms in total. The molecular formula is C13H18NaO2. The molecular weight excluding hydrogens is 211 g/mol. The van der Waals surface area contributed by atoms with Crippen LogP contribution in [0.15, 0.2) is 24.3 Å². The SMILES string of the molecule is CCCCCc1cccc(CC(=O)O)c1.[Na]. The Morgan fingerprint density at radius 1 is 1.25 bits per heavy atom. The zero-order valence-electron chi connectivity index (χ0n) is 10.2. The van der Waals surface area contributed by atoms with Gasteiger partial charge in [-0.3, -0.25) is 4.79 Å². The third-order valence-corrected chi connectivity index (χ3v) is 2.42. The summed E-state index contributed by atoms with van der Waals surface area (Å²) in [6.07, 6.45) is 4.83. The number of rotatable bonds is 6. The van der Waals surface area contributed by atoms with Gasteiger partial charge >= 0.3 is 5.97 Å². The molecule has 0 fully saturated rings. The summed E-state index contributed by atoms with van der Waals surface area (Å²) in [5.74, 6) is -0.763. The molecule has 0 saturated heterocycles. The van der Waals surface area contributed by atoms with Gasteiger partial charge in [-0.25, -0.2) is 0 Å². The standard InChI is InChI=1S/C13H18O2.Na/c1-2-3-4-6-11-7-5-8-12(9-11)10-13(14)15;/h5,7-9H,2-4,6,10H2,1H3,(H,14,15);. The largest absolute Gasteiger partial charge is 0.481 e. The molecule has 0 unspecified atom stereocenters.